The van der Waals surface area contributed by atoms with Gasteiger partial charge in [0.2, 0.25) is 0 Å². The highest BCUT2D eigenvalue weighted by Crippen LogP contribution is 2.37. The van der Waals surface area contributed by atoms with Crippen molar-refractivity contribution >= 4 is 16.6 Å². The van der Waals surface area contributed by atoms with Crippen LogP contribution in [0, 0.1) is 11.3 Å². The summed E-state index contributed by atoms with van der Waals surface area (Å²) in [5.74, 6) is 0.671. The molecule has 0 aromatic heterocycles. The smallest absolute Gasteiger partial charge is 0.192 e. The molecule has 0 aromatic carbocycles. The van der Waals surface area contributed by atoms with Crippen LogP contribution in [0.25, 0.3) is 0 Å². The van der Waals surface area contributed by atoms with Gasteiger partial charge in [-0.15, -0.1) is 6.58 Å². The number of nitrogens with zero attached hydrogens (tertiary/aromatic N) is 1. The molecule has 0 radical (unpaired) electrons. The molecule has 0 saturated carbocycles. The van der Waals surface area contributed by atoms with Crippen LogP contribution in [0.1, 0.15) is 40.0 Å². The molecule has 0 aromatic rings. The van der Waals surface area contributed by atoms with E-state index in [1.165, 1.54) is 0 Å². The average molecular weight is 440 g/mol. The van der Waals surface area contributed by atoms with Gasteiger partial charge in [-0.25, -0.2) is 0 Å². The topological polar surface area (TPSA) is 60.7 Å². The van der Waals surface area contributed by atoms with Gasteiger partial charge in [0.15, 0.2) is 22.7 Å². The molecule has 0 aliphatic carbocycles. The Labute approximate surface area is 180 Å². The molecule has 7 heteroatoms. The zero-order chi connectivity index (χ0) is 22.3. The SMILES string of the molecule is C=CC[C@H]1OCCC[C@@H]1O/C(=C/C(C#N)O[Si](C)(C)C)CO[Si](C)(C)C(C)(C)C. The zero-order valence-electron chi connectivity index (χ0n) is 19.7. The van der Waals surface area contributed by atoms with Gasteiger partial charge in [0.25, 0.3) is 0 Å². The van der Waals surface area contributed by atoms with Crippen LogP contribution < -0.4 is 0 Å². The normalized spacial score (nSPS) is 22.7. The first kappa shape index (κ1) is 26.1. The molecule has 1 rings (SSSR count). The second-order valence-electron chi connectivity index (χ2n) is 10.2. The molecule has 1 unspecified atom stereocenters. The summed E-state index contributed by atoms with van der Waals surface area (Å²) in [6.45, 7) is 22.2. The Morgan fingerprint density at radius 2 is 1.93 bits per heavy atom. The van der Waals surface area contributed by atoms with Gasteiger partial charge in [-0.2, -0.15) is 5.26 Å². The van der Waals surface area contributed by atoms with Gasteiger partial charge in [0.05, 0.1) is 18.8 Å². The van der Waals surface area contributed by atoms with Crippen LogP contribution in [0.2, 0.25) is 37.8 Å². The lowest BCUT2D eigenvalue weighted by molar-refractivity contribution is -0.0876. The minimum absolute atomic E-state index is 0.0176. The summed E-state index contributed by atoms with van der Waals surface area (Å²) in [6, 6.07) is 2.25. The average Bonchev–Trinajstić information content (AvgIpc) is 2.58. The molecule has 29 heavy (non-hydrogen) atoms. The molecule has 3 atom stereocenters. The van der Waals surface area contributed by atoms with Crippen LogP contribution >= 0.6 is 0 Å². The van der Waals surface area contributed by atoms with Gasteiger partial charge in [-0.3, -0.25) is 0 Å². The summed E-state index contributed by atoms with van der Waals surface area (Å²) < 4.78 is 24.7. The van der Waals surface area contributed by atoms with Crippen molar-refractivity contribution in [3.8, 4) is 6.07 Å². The number of rotatable bonds is 10. The molecule has 0 bridgehead atoms. The van der Waals surface area contributed by atoms with Gasteiger partial charge in [0.1, 0.15) is 11.9 Å². The van der Waals surface area contributed by atoms with Gasteiger partial charge >= 0.3 is 0 Å². The number of hydrogen-bond donors (Lipinski definition) is 0. The van der Waals surface area contributed by atoms with E-state index in [-0.39, 0.29) is 17.2 Å². The molecule has 0 spiro atoms. The van der Waals surface area contributed by atoms with Gasteiger partial charge < -0.3 is 18.3 Å². The van der Waals surface area contributed by atoms with E-state index in [1.807, 2.05) is 6.08 Å². The minimum Gasteiger partial charge on any atom is -0.490 e. The fraction of sp³-hybridized carbons (Fsp3) is 0.773. The summed E-state index contributed by atoms with van der Waals surface area (Å²) in [5, 5.41) is 9.71. The van der Waals surface area contributed by atoms with E-state index in [1.54, 1.807) is 6.08 Å². The largest absolute Gasteiger partial charge is 0.490 e. The number of ether oxygens (including phenoxy) is 2. The first-order chi connectivity index (χ1) is 13.3. The molecular weight excluding hydrogens is 398 g/mol. The van der Waals surface area contributed by atoms with E-state index in [2.05, 4.69) is 66.2 Å². The lowest BCUT2D eigenvalue weighted by Crippen LogP contribution is -2.42. The van der Waals surface area contributed by atoms with E-state index >= 15 is 0 Å². The molecule has 5 nitrogen and oxygen atoms in total. The third kappa shape index (κ3) is 9.18. The lowest BCUT2D eigenvalue weighted by Gasteiger charge is -2.37. The van der Waals surface area contributed by atoms with E-state index in [0.717, 1.165) is 25.9 Å². The van der Waals surface area contributed by atoms with Gasteiger partial charge in [-0.1, -0.05) is 26.8 Å². The van der Waals surface area contributed by atoms with Gasteiger partial charge in [0, 0.05) is 6.61 Å². The highest BCUT2D eigenvalue weighted by atomic mass is 28.4. The predicted octanol–water partition coefficient (Wildman–Crippen LogP) is 5.78. The van der Waals surface area contributed by atoms with Crippen LogP contribution in [-0.2, 0) is 18.3 Å². The van der Waals surface area contributed by atoms with Crippen molar-refractivity contribution in [2.75, 3.05) is 13.2 Å². The maximum atomic E-state index is 9.61. The van der Waals surface area contributed by atoms with E-state index in [4.69, 9.17) is 18.3 Å². The molecule has 1 saturated heterocycles. The first-order valence-corrected chi connectivity index (χ1v) is 16.9. The van der Waals surface area contributed by atoms with Crippen LogP contribution in [0.3, 0.4) is 0 Å². The Morgan fingerprint density at radius 3 is 2.45 bits per heavy atom. The monoisotopic (exact) mass is 439 g/mol. The van der Waals surface area contributed by atoms with Crippen molar-refractivity contribution in [3.63, 3.8) is 0 Å². The van der Waals surface area contributed by atoms with E-state index in [9.17, 15) is 5.26 Å². The quantitative estimate of drug-likeness (QED) is 0.245. The molecular formula is C22H41NO4Si2. The van der Waals surface area contributed by atoms with Crippen molar-refractivity contribution in [3.05, 3.63) is 24.5 Å². The third-order valence-electron chi connectivity index (χ3n) is 5.41. The number of hydrogen-bond acceptors (Lipinski definition) is 5. The maximum absolute atomic E-state index is 9.61. The summed E-state index contributed by atoms with van der Waals surface area (Å²) in [5.41, 5.74) is 0. The molecule has 0 N–H and O–H groups in total. The third-order valence-corrected chi connectivity index (χ3v) is 10.8. The predicted molar refractivity (Wildman–Crippen MR) is 124 cm³/mol. The lowest BCUT2D eigenvalue weighted by atomic mass is 10.0. The maximum Gasteiger partial charge on any atom is 0.192 e. The molecule has 1 aliphatic heterocycles. The summed E-state index contributed by atoms with van der Waals surface area (Å²) in [4.78, 5) is 0. The first-order valence-electron chi connectivity index (χ1n) is 10.6. The highest BCUT2D eigenvalue weighted by molar-refractivity contribution is 6.74. The van der Waals surface area contributed by atoms with Crippen molar-refractivity contribution in [2.45, 2.75) is 96.1 Å². The fourth-order valence-electron chi connectivity index (χ4n) is 2.76. The molecule has 1 aliphatic rings. The molecule has 1 fully saturated rings. The van der Waals surface area contributed by atoms with Crippen molar-refractivity contribution in [1.29, 1.82) is 5.26 Å². The standard InChI is InChI=1S/C22H41NO4Si2/c1-10-12-20-21(13-11-14-24-20)26-19(15-18(16-23)27-28(5,6)7)17-25-29(8,9)22(2,3)4/h10,15,18,20-21H,1,11-14,17H2,2-9H3/b19-15+/t18?,20-,21+/m1/s1. The second-order valence-corrected chi connectivity index (χ2v) is 19.5. The Morgan fingerprint density at radius 1 is 1.28 bits per heavy atom. The minimum atomic E-state index is -1.96. The number of nitriles is 1. The molecule has 166 valence electrons. The zero-order valence-corrected chi connectivity index (χ0v) is 21.7. The van der Waals surface area contributed by atoms with Crippen molar-refractivity contribution in [1.82, 2.24) is 0 Å². The van der Waals surface area contributed by atoms with Crippen molar-refractivity contribution < 1.29 is 18.3 Å². The summed E-state index contributed by atoms with van der Waals surface area (Å²) in [7, 11) is -3.83. The van der Waals surface area contributed by atoms with Gasteiger partial charge in [-0.05, 0) is 63.1 Å². The van der Waals surface area contributed by atoms with Crippen LogP contribution in [0.15, 0.2) is 24.5 Å². The Hall–Kier alpha value is -0.916. The Kier molecular flexibility index (Phi) is 9.83. The Balaban J connectivity index is 3.05. The Bertz CT molecular complexity index is 599. The van der Waals surface area contributed by atoms with Crippen LogP contribution in [0.4, 0.5) is 0 Å². The molecule has 0 amide bonds. The molecule has 1 heterocycles. The summed E-state index contributed by atoms with van der Waals surface area (Å²) in [6.07, 6.45) is 5.57. The highest BCUT2D eigenvalue weighted by Gasteiger charge is 2.38. The van der Waals surface area contributed by atoms with E-state index in [0.29, 0.717) is 12.4 Å². The second kappa shape index (κ2) is 10.9. The van der Waals surface area contributed by atoms with Crippen LogP contribution in [-0.4, -0.2) is 48.2 Å². The van der Waals surface area contributed by atoms with Crippen molar-refractivity contribution in [2.24, 2.45) is 0 Å². The summed E-state index contributed by atoms with van der Waals surface area (Å²) >= 11 is 0. The van der Waals surface area contributed by atoms with E-state index < -0.39 is 22.7 Å². The fourth-order valence-corrected chi connectivity index (χ4v) is 4.58. The van der Waals surface area contributed by atoms with Crippen LogP contribution in [0.5, 0.6) is 0 Å².